The highest BCUT2D eigenvalue weighted by Gasteiger charge is 2.15. The van der Waals surface area contributed by atoms with Gasteiger partial charge in [-0.15, -0.1) is 0 Å². The Balaban J connectivity index is 1.62. The fourth-order valence-corrected chi connectivity index (χ4v) is 2.62. The van der Waals surface area contributed by atoms with Gasteiger partial charge < -0.3 is 13.9 Å². The quantitative estimate of drug-likeness (QED) is 0.574. The predicted octanol–water partition coefficient (Wildman–Crippen LogP) is 3.96. The zero-order valence-electron chi connectivity index (χ0n) is 16.5. The number of hydrazine groups is 1. The van der Waals surface area contributed by atoms with E-state index < -0.39 is 11.8 Å². The summed E-state index contributed by atoms with van der Waals surface area (Å²) in [5.41, 5.74) is 5.52. The zero-order chi connectivity index (χ0) is 21.5. The summed E-state index contributed by atoms with van der Waals surface area (Å²) < 4.78 is 29.3. The van der Waals surface area contributed by atoms with E-state index in [0.29, 0.717) is 29.4 Å². The molecule has 0 aliphatic carbocycles. The highest BCUT2D eigenvalue weighted by Crippen LogP contribution is 2.28. The van der Waals surface area contributed by atoms with Crippen LogP contribution in [0.2, 0.25) is 0 Å². The summed E-state index contributed by atoms with van der Waals surface area (Å²) in [5, 5.41) is 0. The molecule has 0 aliphatic rings. The van der Waals surface area contributed by atoms with Crippen LogP contribution >= 0.6 is 0 Å². The molecule has 1 heterocycles. The van der Waals surface area contributed by atoms with Crippen molar-refractivity contribution in [2.75, 3.05) is 13.7 Å². The van der Waals surface area contributed by atoms with E-state index in [1.165, 1.54) is 31.4 Å². The van der Waals surface area contributed by atoms with Crippen molar-refractivity contribution >= 4 is 11.8 Å². The normalized spacial score (nSPS) is 10.4. The van der Waals surface area contributed by atoms with E-state index in [-0.39, 0.29) is 17.1 Å². The van der Waals surface area contributed by atoms with Crippen molar-refractivity contribution < 1.29 is 27.9 Å². The Bertz CT molecular complexity index is 1030. The molecule has 0 radical (unpaired) electrons. The Morgan fingerprint density at radius 2 is 1.70 bits per heavy atom. The van der Waals surface area contributed by atoms with Gasteiger partial charge in [-0.2, -0.15) is 0 Å². The number of hydrogen-bond acceptors (Lipinski definition) is 5. The number of halogens is 1. The van der Waals surface area contributed by atoms with Gasteiger partial charge in [0, 0.05) is 11.1 Å². The lowest BCUT2D eigenvalue weighted by Gasteiger charge is -2.12. The minimum Gasteiger partial charge on any atom is -0.493 e. The van der Waals surface area contributed by atoms with Gasteiger partial charge in [0.15, 0.2) is 17.3 Å². The number of benzene rings is 2. The maximum Gasteiger partial charge on any atom is 0.305 e. The number of methoxy groups -OCH3 is 1. The van der Waals surface area contributed by atoms with Crippen molar-refractivity contribution in [3.63, 3.8) is 0 Å². The van der Waals surface area contributed by atoms with Crippen LogP contribution < -0.4 is 20.3 Å². The van der Waals surface area contributed by atoms with Crippen LogP contribution in [-0.2, 0) is 0 Å². The third-order valence-corrected chi connectivity index (χ3v) is 4.14. The van der Waals surface area contributed by atoms with Crippen molar-refractivity contribution in [1.29, 1.82) is 0 Å². The van der Waals surface area contributed by atoms with Gasteiger partial charge in [-0.25, -0.2) is 4.39 Å². The molecule has 8 heteroatoms. The molecule has 0 aliphatic heterocycles. The molecular weight excluding hydrogens is 391 g/mol. The van der Waals surface area contributed by atoms with Crippen LogP contribution in [0.4, 0.5) is 4.39 Å². The highest BCUT2D eigenvalue weighted by atomic mass is 19.1. The largest absolute Gasteiger partial charge is 0.493 e. The van der Waals surface area contributed by atoms with Crippen LogP contribution in [0.3, 0.4) is 0 Å². The first-order valence-corrected chi connectivity index (χ1v) is 9.29. The van der Waals surface area contributed by atoms with Crippen molar-refractivity contribution in [1.82, 2.24) is 10.9 Å². The van der Waals surface area contributed by atoms with E-state index in [4.69, 9.17) is 13.9 Å². The zero-order valence-corrected chi connectivity index (χ0v) is 16.5. The molecule has 3 aromatic rings. The van der Waals surface area contributed by atoms with E-state index in [2.05, 4.69) is 10.9 Å². The topological polar surface area (TPSA) is 89.8 Å². The highest BCUT2D eigenvalue weighted by molar-refractivity contribution is 5.98. The van der Waals surface area contributed by atoms with Crippen molar-refractivity contribution in [2.45, 2.75) is 13.3 Å². The van der Waals surface area contributed by atoms with Crippen molar-refractivity contribution in [3.05, 3.63) is 71.7 Å². The summed E-state index contributed by atoms with van der Waals surface area (Å²) in [7, 11) is 1.48. The molecule has 0 atom stereocenters. The number of rotatable bonds is 7. The minimum absolute atomic E-state index is 0.00415. The van der Waals surface area contributed by atoms with E-state index in [9.17, 15) is 14.0 Å². The maximum atomic E-state index is 13.0. The van der Waals surface area contributed by atoms with E-state index in [1.807, 2.05) is 6.92 Å². The van der Waals surface area contributed by atoms with Gasteiger partial charge >= 0.3 is 5.91 Å². The molecule has 0 saturated heterocycles. The lowest BCUT2D eigenvalue weighted by atomic mass is 10.2. The number of ether oxygens (including phenoxy) is 2. The van der Waals surface area contributed by atoms with Gasteiger partial charge in [0.25, 0.3) is 5.91 Å². The summed E-state index contributed by atoms with van der Waals surface area (Å²) in [6.45, 7) is 2.51. The van der Waals surface area contributed by atoms with Gasteiger partial charge in [-0.05, 0) is 61.0 Å². The molecule has 0 unspecified atom stereocenters. The van der Waals surface area contributed by atoms with Crippen LogP contribution in [0.5, 0.6) is 11.5 Å². The van der Waals surface area contributed by atoms with E-state index in [0.717, 1.165) is 6.42 Å². The van der Waals surface area contributed by atoms with Gasteiger partial charge in [-0.1, -0.05) is 6.92 Å². The second kappa shape index (κ2) is 9.60. The van der Waals surface area contributed by atoms with Crippen molar-refractivity contribution in [2.24, 2.45) is 0 Å². The number of hydrogen-bond donors (Lipinski definition) is 2. The van der Waals surface area contributed by atoms with Crippen molar-refractivity contribution in [3.8, 4) is 22.8 Å². The summed E-state index contributed by atoms with van der Waals surface area (Å²) in [6.07, 6.45) is 0.840. The maximum absolute atomic E-state index is 13.0. The molecule has 2 N–H and O–H groups in total. The molecule has 3 rings (SSSR count). The molecule has 7 nitrogen and oxygen atoms in total. The molecule has 156 valence electrons. The molecule has 1 aromatic heterocycles. The minimum atomic E-state index is -0.633. The second-order valence-corrected chi connectivity index (χ2v) is 6.29. The first-order chi connectivity index (χ1) is 14.5. The summed E-state index contributed by atoms with van der Waals surface area (Å²) in [6, 6.07) is 13.4. The number of carbonyl (C=O) groups is 2. The Morgan fingerprint density at radius 3 is 2.40 bits per heavy atom. The molecule has 0 fully saturated rings. The van der Waals surface area contributed by atoms with Crippen LogP contribution in [0, 0.1) is 5.82 Å². The van der Waals surface area contributed by atoms with Crippen LogP contribution in [0.15, 0.2) is 59.0 Å². The average Bonchev–Trinajstić information content (AvgIpc) is 3.26. The van der Waals surface area contributed by atoms with E-state index in [1.54, 1.807) is 30.3 Å². The van der Waals surface area contributed by atoms with Crippen LogP contribution in [0.1, 0.15) is 34.3 Å². The van der Waals surface area contributed by atoms with Crippen LogP contribution in [0.25, 0.3) is 11.3 Å². The third-order valence-electron chi connectivity index (χ3n) is 4.14. The molecule has 0 spiro atoms. The Hall–Kier alpha value is -3.81. The first-order valence-electron chi connectivity index (χ1n) is 9.29. The average molecular weight is 412 g/mol. The Kier molecular flexibility index (Phi) is 6.69. The standard InChI is InChI=1S/C22H21FN2O5/c1-3-12-29-18-9-6-15(13-20(18)28-2)21(26)24-25-22(27)19-11-10-17(30-19)14-4-7-16(23)8-5-14/h4-11,13H,3,12H2,1-2H3,(H,24,26)(H,25,27). The van der Waals surface area contributed by atoms with E-state index >= 15 is 0 Å². The SMILES string of the molecule is CCCOc1ccc(C(=O)NNC(=O)c2ccc(-c3ccc(F)cc3)o2)cc1OC. The number of amides is 2. The molecule has 30 heavy (non-hydrogen) atoms. The fourth-order valence-electron chi connectivity index (χ4n) is 2.62. The molecule has 0 saturated carbocycles. The summed E-state index contributed by atoms with van der Waals surface area (Å²) in [5.74, 6) is -0.191. The van der Waals surface area contributed by atoms with Crippen LogP contribution in [-0.4, -0.2) is 25.5 Å². The van der Waals surface area contributed by atoms with Gasteiger partial charge in [0.2, 0.25) is 0 Å². The fraction of sp³-hybridized carbons (Fsp3) is 0.182. The third kappa shape index (κ3) is 4.96. The van der Waals surface area contributed by atoms with Gasteiger partial charge in [-0.3, -0.25) is 20.4 Å². The number of carbonyl (C=O) groups excluding carboxylic acids is 2. The Labute approximate surface area is 172 Å². The molecule has 0 bridgehead atoms. The smallest absolute Gasteiger partial charge is 0.305 e. The molecular formula is C22H21FN2O5. The number of nitrogens with one attached hydrogen (secondary N) is 2. The van der Waals surface area contributed by atoms with Gasteiger partial charge in [0.05, 0.1) is 13.7 Å². The second-order valence-electron chi connectivity index (χ2n) is 6.29. The first kappa shape index (κ1) is 20.9. The Morgan fingerprint density at radius 1 is 0.967 bits per heavy atom. The summed E-state index contributed by atoms with van der Waals surface area (Å²) in [4.78, 5) is 24.6. The number of furan rings is 1. The predicted molar refractivity (Wildman–Crippen MR) is 108 cm³/mol. The van der Waals surface area contributed by atoms with Gasteiger partial charge in [0.1, 0.15) is 11.6 Å². The monoisotopic (exact) mass is 412 g/mol. The molecule has 2 aromatic carbocycles. The lowest BCUT2D eigenvalue weighted by molar-refractivity contribution is 0.0831. The lowest BCUT2D eigenvalue weighted by Crippen LogP contribution is -2.41. The summed E-state index contributed by atoms with van der Waals surface area (Å²) >= 11 is 0. The molecule has 2 amide bonds.